The molecule has 1 heterocycles. The Labute approximate surface area is 136 Å². The quantitative estimate of drug-likeness (QED) is 0.416. The van der Waals surface area contributed by atoms with E-state index in [1.807, 2.05) is 0 Å². The zero-order valence-corrected chi connectivity index (χ0v) is 13.8. The maximum atomic E-state index is 11.5. The molecule has 0 aliphatic heterocycles. The Hall–Kier alpha value is -1.80. The van der Waals surface area contributed by atoms with E-state index in [0.29, 0.717) is 20.3 Å². The van der Waals surface area contributed by atoms with Crippen LogP contribution in [0.1, 0.15) is 17.3 Å². The third kappa shape index (κ3) is 3.45. The van der Waals surface area contributed by atoms with E-state index in [1.165, 1.54) is 25.3 Å². The van der Waals surface area contributed by atoms with Crippen LogP contribution in [0, 0.1) is 10.1 Å². The zero-order chi connectivity index (χ0) is 15.6. The summed E-state index contributed by atoms with van der Waals surface area (Å²) in [5, 5.41) is 10.8. The number of pyridine rings is 1. The molecule has 2 aromatic rings. The number of ether oxygens (including phenoxy) is 1. The highest BCUT2D eigenvalue weighted by Crippen LogP contribution is 2.39. The van der Waals surface area contributed by atoms with Crippen molar-refractivity contribution in [3.63, 3.8) is 0 Å². The van der Waals surface area contributed by atoms with Gasteiger partial charge in [-0.1, -0.05) is 0 Å². The Balaban J connectivity index is 2.46. The second-order valence-corrected chi connectivity index (χ2v) is 5.72. The minimum Gasteiger partial charge on any atom is -0.436 e. The molecule has 0 aliphatic carbocycles. The lowest BCUT2D eigenvalue weighted by Crippen LogP contribution is -2.00. The number of non-ortho nitro benzene ring substituents is 1. The van der Waals surface area contributed by atoms with Crippen LogP contribution in [0.25, 0.3) is 0 Å². The number of hydrogen-bond acceptors (Lipinski definition) is 5. The van der Waals surface area contributed by atoms with Crippen LogP contribution >= 0.6 is 31.9 Å². The predicted octanol–water partition coefficient (Wildman–Crippen LogP) is 4.51. The van der Waals surface area contributed by atoms with Crippen molar-refractivity contribution in [3.8, 4) is 11.6 Å². The van der Waals surface area contributed by atoms with Gasteiger partial charge in [0, 0.05) is 18.3 Å². The molecule has 0 radical (unpaired) electrons. The van der Waals surface area contributed by atoms with Gasteiger partial charge in [-0.05, 0) is 50.9 Å². The molecular formula is C13H8Br2N2O4. The number of carbonyl (C=O) groups excluding carboxylic acids is 1. The minimum atomic E-state index is -0.513. The molecule has 0 bridgehead atoms. The normalized spacial score (nSPS) is 10.2. The van der Waals surface area contributed by atoms with Gasteiger partial charge < -0.3 is 4.74 Å². The SMILES string of the molecule is CC(=O)c1cccnc1Oc1c(Br)cc([N+](=O)[O-])cc1Br. The van der Waals surface area contributed by atoms with Crippen LogP contribution in [0.4, 0.5) is 5.69 Å². The van der Waals surface area contributed by atoms with Gasteiger partial charge in [0.05, 0.1) is 19.4 Å². The summed E-state index contributed by atoms with van der Waals surface area (Å²) in [6.07, 6.45) is 1.50. The summed E-state index contributed by atoms with van der Waals surface area (Å²) in [4.78, 5) is 25.8. The van der Waals surface area contributed by atoms with Crippen LogP contribution in [0.5, 0.6) is 11.6 Å². The number of ketones is 1. The molecule has 0 amide bonds. The second-order valence-electron chi connectivity index (χ2n) is 4.01. The summed E-state index contributed by atoms with van der Waals surface area (Å²) < 4.78 is 6.38. The number of benzene rings is 1. The lowest BCUT2D eigenvalue weighted by atomic mass is 10.2. The van der Waals surface area contributed by atoms with Gasteiger partial charge >= 0.3 is 0 Å². The highest BCUT2D eigenvalue weighted by atomic mass is 79.9. The van der Waals surface area contributed by atoms with Gasteiger partial charge in [-0.25, -0.2) is 4.98 Å². The number of rotatable bonds is 4. The Morgan fingerprint density at radius 1 is 1.33 bits per heavy atom. The molecule has 0 saturated carbocycles. The van der Waals surface area contributed by atoms with E-state index in [4.69, 9.17) is 4.74 Å². The van der Waals surface area contributed by atoms with E-state index in [2.05, 4.69) is 36.8 Å². The van der Waals surface area contributed by atoms with Gasteiger partial charge in [-0.15, -0.1) is 0 Å². The lowest BCUT2D eigenvalue weighted by molar-refractivity contribution is -0.385. The number of Topliss-reactive ketones (excluding diaryl/α,β-unsaturated/α-hetero) is 1. The van der Waals surface area contributed by atoms with E-state index in [-0.39, 0.29) is 17.4 Å². The summed E-state index contributed by atoms with van der Waals surface area (Å²) in [7, 11) is 0. The van der Waals surface area contributed by atoms with Crippen LogP contribution in [-0.2, 0) is 0 Å². The first kappa shape index (κ1) is 15.6. The van der Waals surface area contributed by atoms with Crippen molar-refractivity contribution in [1.29, 1.82) is 0 Å². The van der Waals surface area contributed by atoms with Gasteiger partial charge in [0.25, 0.3) is 5.69 Å². The molecule has 0 atom stereocenters. The number of halogens is 2. The average molecular weight is 416 g/mol. The number of nitrogens with zero attached hydrogens (tertiary/aromatic N) is 2. The topological polar surface area (TPSA) is 82.3 Å². The maximum Gasteiger partial charge on any atom is 0.271 e. The Kier molecular flexibility index (Phi) is 4.69. The summed E-state index contributed by atoms with van der Waals surface area (Å²) in [6, 6.07) is 5.86. The summed E-state index contributed by atoms with van der Waals surface area (Å²) in [6.45, 7) is 1.41. The molecule has 0 N–H and O–H groups in total. The highest BCUT2D eigenvalue weighted by Gasteiger charge is 2.18. The van der Waals surface area contributed by atoms with Crippen molar-refractivity contribution in [2.24, 2.45) is 0 Å². The van der Waals surface area contributed by atoms with Crippen molar-refractivity contribution < 1.29 is 14.5 Å². The monoisotopic (exact) mass is 414 g/mol. The fourth-order valence-electron chi connectivity index (χ4n) is 1.59. The molecule has 0 aliphatic rings. The summed E-state index contributed by atoms with van der Waals surface area (Å²) in [5.41, 5.74) is 0.239. The molecule has 0 fully saturated rings. The van der Waals surface area contributed by atoms with Crippen molar-refractivity contribution in [1.82, 2.24) is 4.98 Å². The molecule has 0 spiro atoms. The van der Waals surface area contributed by atoms with E-state index in [1.54, 1.807) is 12.1 Å². The smallest absolute Gasteiger partial charge is 0.271 e. The zero-order valence-electron chi connectivity index (χ0n) is 10.7. The number of carbonyl (C=O) groups is 1. The molecule has 8 heteroatoms. The van der Waals surface area contributed by atoms with Gasteiger partial charge in [0.2, 0.25) is 5.88 Å². The predicted molar refractivity (Wildman–Crippen MR) is 82.8 cm³/mol. The van der Waals surface area contributed by atoms with Crippen molar-refractivity contribution in [3.05, 3.63) is 55.1 Å². The van der Waals surface area contributed by atoms with Crippen molar-refractivity contribution in [2.75, 3.05) is 0 Å². The molecule has 6 nitrogen and oxygen atoms in total. The maximum absolute atomic E-state index is 11.5. The first-order chi connectivity index (χ1) is 9.90. The molecule has 0 saturated heterocycles. The first-order valence-corrected chi connectivity index (χ1v) is 7.26. The molecule has 1 aromatic heterocycles. The molecule has 108 valence electrons. The number of aromatic nitrogens is 1. The lowest BCUT2D eigenvalue weighted by Gasteiger charge is -2.11. The van der Waals surface area contributed by atoms with Crippen LogP contribution in [-0.4, -0.2) is 15.7 Å². The first-order valence-electron chi connectivity index (χ1n) is 5.67. The number of nitro groups is 1. The van der Waals surface area contributed by atoms with Gasteiger partial charge in [-0.3, -0.25) is 14.9 Å². The van der Waals surface area contributed by atoms with Crippen molar-refractivity contribution >= 4 is 43.3 Å². The fourth-order valence-corrected chi connectivity index (χ4v) is 2.91. The average Bonchev–Trinajstić information content (AvgIpc) is 2.42. The number of nitro benzene ring substituents is 1. The molecular weight excluding hydrogens is 408 g/mol. The molecule has 0 unspecified atom stereocenters. The largest absolute Gasteiger partial charge is 0.436 e. The standard InChI is InChI=1S/C13H8Br2N2O4/c1-7(18)9-3-2-4-16-13(9)21-12-10(14)5-8(17(19)20)6-11(12)15/h2-6H,1H3. The van der Waals surface area contributed by atoms with Crippen LogP contribution < -0.4 is 4.74 Å². The van der Waals surface area contributed by atoms with Gasteiger partial charge in [0.1, 0.15) is 0 Å². The van der Waals surface area contributed by atoms with Gasteiger partial charge in [-0.2, -0.15) is 0 Å². The fraction of sp³-hybridized carbons (Fsp3) is 0.0769. The molecule has 21 heavy (non-hydrogen) atoms. The third-order valence-corrected chi connectivity index (χ3v) is 3.72. The molecule has 1 aromatic carbocycles. The van der Waals surface area contributed by atoms with Gasteiger partial charge in [0.15, 0.2) is 11.5 Å². The Morgan fingerprint density at radius 2 is 1.95 bits per heavy atom. The highest BCUT2D eigenvalue weighted by molar-refractivity contribution is 9.11. The number of hydrogen-bond donors (Lipinski definition) is 0. The van der Waals surface area contributed by atoms with Crippen LogP contribution in [0.15, 0.2) is 39.4 Å². The second kappa shape index (κ2) is 6.31. The van der Waals surface area contributed by atoms with E-state index < -0.39 is 4.92 Å². The van der Waals surface area contributed by atoms with E-state index in [0.717, 1.165) is 0 Å². The Morgan fingerprint density at radius 3 is 2.48 bits per heavy atom. The van der Waals surface area contributed by atoms with Crippen LogP contribution in [0.3, 0.4) is 0 Å². The van der Waals surface area contributed by atoms with E-state index >= 15 is 0 Å². The third-order valence-electron chi connectivity index (χ3n) is 2.54. The minimum absolute atomic E-state index is 0.0890. The Bertz CT molecular complexity index is 711. The summed E-state index contributed by atoms with van der Waals surface area (Å²) in [5.74, 6) is 0.259. The van der Waals surface area contributed by atoms with Crippen LogP contribution in [0.2, 0.25) is 0 Å². The van der Waals surface area contributed by atoms with Crippen molar-refractivity contribution in [2.45, 2.75) is 6.92 Å². The summed E-state index contributed by atoms with van der Waals surface area (Å²) >= 11 is 6.43. The van der Waals surface area contributed by atoms with E-state index in [9.17, 15) is 14.9 Å². The molecule has 2 rings (SSSR count).